The first-order valence-corrected chi connectivity index (χ1v) is 10.6. The number of halogens is 1. The number of fused-ring (bicyclic) bond motifs is 1. The number of nitrogens with one attached hydrogen (secondary N) is 1. The summed E-state index contributed by atoms with van der Waals surface area (Å²) in [6.07, 6.45) is 0.563. The molecule has 0 saturated heterocycles. The van der Waals surface area contributed by atoms with Crippen LogP contribution in [0.1, 0.15) is 22.8 Å². The number of hydrogen-bond acceptors (Lipinski definition) is 3. The molecular formula is C22H19FN2O3S. The fourth-order valence-electron chi connectivity index (χ4n) is 3.54. The highest BCUT2D eigenvalue weighted by Crippen LogP contribution is 2.35. The number of nitrogens with zero attached hydrogens (tertiary/aromatic N) is 1. The van der Waals surface area contributed by atoms with Crippen LogP contribution in [0.25, 0.3) is 0 Å². The van der Waals surface area contributed by atoms with Crippen LogP contribution in [0, 0.1) is 5.82 Å². The standard InChI is InChI=1S/C22H19FN2O3S/c1-15-13-17-14-20(29(27,28)24-19-9-7-18(23)8-10-19)11-12-21(17)25(15)22(26)16-5-3-2-4-6-16/h2-12,14-15,24H,13H2,1H3/t15-/m0/s1. The number of anilines is 2. The predicted octanol–water partition coefficient (Wildman–Crippen LogP) is 4.22. The zero-order valence-corrected chi connectivity index (χ0v) is 16.5. The average Bonchev–Trinajstić information content (AvgIpc) is 3.04. The molecule has 4 rings (SSSR count). The molecule has 3 aromatic carbocycles. The number of sulfonamides is 1. The Balaban J connectivity index is 1.63. The van der Waals surface area contributed by atoms with Crippen LogP contribution in [0.4, 0.5) is 15.8 Å². The lowest BCUT2D eigenvalue weighted by Crippen LogP contribution is -2.35. The Bertz CT molecular complexity index is 1160. The smallest absolute Gasteiger partial charge is 0.261 e. The molecule has 5 nitrogen and oxygen atoms in total. The van der Waals surface area contributed by atoms with Crippen LogP contribution in [0.3, 0.4) is 0 Å². The summed E-state index contributed by atoms with van der Waals surface area (Å²) in [6.45, 7) is 1.94. The normalized spacial score (nSPS) is 15.8. The van der Waals surface area contributed by atoms with Gasteiger partial charge in [-0.05, 0) is 73.5 Å². The monoisotopic (exact) mass is 410 g/mol. The number of carbonyl (C=O) groups excluding carboxylic acids is 1. The highest BCUT2D eigenvalue weighted by Gasteiger charge is 2.32. The lowest BCUT2D eigenvalue weighted by atomic mass is 10.1. The van der Waals surface area contributed by atoms with Crippen LogP contribution < -0.4 is 9.62 Å². The Morgan fingerprint density at radius 3 is 2.41 bits per heavy atom. The third-order valence-corrected chi connectivity index (χ3v) is 6.29. The number of benzene rings is 3. The van der Waals surface area contributed by atoms with Gasteiger partial charge in [-0.1, -0.05) is 18.2 Å². The second-order valence-electron chi connectivity index (χ2n) is 7.00. The number of amides is 1. The molecule has 1 atom stereocenters. The van der Waals surface area contributed by atoms with Crippen LogP contribution in [-0.2, 0) is 16.4 Å². The summed E-state index contributed by atoms with van der Waals surface area (Å²) in [5.74, 6) is -0.556. The maximum atomic E-state index is 13.0. The van der Waals surface area contributed by atoms with Crippen molar-refractivity contribution in [3.05, 3.63) is 89.7 Å². The molecule has 0 aromatic heterocycles. The molecule has 29 heavy (non-hydrogen) atoms. The lowest BCUT2D eigenvalue weighted by Gasteiger charge is -2.23. The highest BCUT2D eigenvalue weighted by atomic mass is 32.2. The van der Waals surface area contributed by atoms with Crippen molar-refractivity contribution in [2.24, 2.45) is 0 Å². The van der Waals surface area contributed by atoms with E-state index in [1.165, 1.54) is 30.3 Å². The summed E-state index contributed by atoms with van der Waals surface area (Å²) < 4.78 is 40.9. The fourth-order valence-corrected chi connectivity index (χ4v) is 4.64. The molecule has 0 fully saturated rings. The van der Waals surface area contributed by atoms with E-state index in [9.17, 15) is 17.6 Å². The molecule has 0 saturated carbocycles. The maximum absolute atomic E-state index is 13.0. The van der Waals surface area contributed by atoms with Crippen molar-refractivity contribution >= 4 is 27.3 Å². The van der Waals surface area contributed by atoms with E-state index < -0.39 is 15.8 Å². The number of hydrogen-bond donors (Lipinski definition) is 1. The largest absolute Gasteiger partial charge is 0.305 e. The third kappa shape index (κ3) is 3.73. The van der Waals surface area contributed by atoms with E-state index in [1.54, 1.807) is 29.2 Å². The summed E-state index contributed by atoms with van der Waals surface area (Å²) in [7, 11) is -3.83. The summed E-state index contributed by atoms with van der Waals surface area (Å²) in [5.41, 5.74) is 2.37. The SMILES string of the molecule is C[C@H]1Cc2cc(S(=O)(=O)Nc3ccc(F)cc3)ccc2N1C(=O)c1ccccc1. The number of rotatable bonds is 4. The molecule has 1 amide bonds. The topological polar surface area (TPSA) is 66.5 Å². The minimum absolute atomic E-state index is 0.0827. The van der Waals surface area contributed by atoms with E-state index in [4.69, 9.17) is 0 Å². The third-order valence-electron chi connectivity index (χ3n) is 4.91. The average molecular weight is 410 g/mol. The van der Waals surface area contributed by atoms with Crippen LogP contribution in [0.2, 0.25) is 0 Å². The van der Waals surface area contributed by atoms with Gasteiger partial charge in [0.25, 0.3) is 15.9 Å². The molecule has 0 aliphatic carbocycles. The number of carbonyl (C=O) groups is 1. The Morgan fingerprint density at radius 2 is 1.72 bits per heavy atom. The van der Waals surface area contributed by atoms with Crippen LogP contribution in [0.15, 0.2) is 77.7 Å². The van der Waals surface area contributed by atoms with Gasteiger partial charge in [-0.25, -0.2) is 12.8 Å². The molecule has 1 N–H and O–H groups in total. The van der Waals surface area contributed by atoms with Crippen molar-refractivity contribution in [2.45, 2.75) is 24.3 Å². The van der Waals surface area contributed by atoms with Gasteiger partial charge < -0.3 is 4.90 Å². The van der Waals surface area contributed by atoms with Crippen molar-refractivity contribution in [2.75, 3.05) is 9.62 Å². The lowest BCUT2D eigenvalue weighted by molar-refractivity contribution is 0.0981. The van der Waals surface area contributed by atoms with Gasteiger partial charge in [0.05, 0.1) is 4.90 Å². The highest BCUT2D eigenvalue weighted by molar-refractivity contribution is 7.92. The van der Waals surface area contributed by atoms with E-state index in [1.807, 2.05) is 25.1 Å². The van der Waals surface area contributed by atoms with Gasteiger partial charge in [0, 0.05) is 23.0 Å². The van der Waals surface area contributed by atoms with Gasteiger partial charge in [0.1, 0.15) is 5.82 Å². The van der Waals surface area contributed by atoms with E-state index >= 15 is 0 Å². The van der Waals surface area contributed by atoms with Crippen molar-refractivity contribution in [1.82, 2.24) is 0 Å². The van der Waals surface area contributed by atoms with E-state index in [0.29, 0.717) is 17.7 Å². The molecule has 0 bridgehead atoms. The van der Waals surface area contributed by atoms with E-state index in [-0.39, 0.29) is 22.5 Å². The Labute approximate surface area is 168 Å². The molecule has 0 spiro atoms. The molecule has 0 unspecified atom stereocenters. The molecule has 1 heterocycles. The van der Waals surface area contributed by atoms with E-state index in [2.05, 4.69) is 4.72 Å². The van der Waals surface area contributed by atoms with Crippen LogP contribution >= 0.6 is 0 Å². The first kappa shape index (κ1) is 19.1. The van der Waals surface area contributed by atoms with Crippen LogP contribution in [0.5, 0.6) is 0 Å². The Hall–Kier alpha value is -3.19. The summed E-state index contributed by atoms with van der Waals surface area (Å²) in [4.78, 5) is 14.7. The second-order valence-corrected chi connectivity index (χ2v) is 8.68. The van der Waals surface area contributed by atoms with Crippen molar-refractivity contribution in [3.8, 4) is 0 Å². The fraction of sp³-hybridized carbons (Fsp3) is 0.136. The molecule has 3 aromatic rings. The van der Waals surface area contributed by atoms with E-state index in [0.717, 1.165) is 5.56 Å². The Morgan fingerprint density at radius 1 is 1.03 bits per heavy atom. The van der Waals surface area contributed by atoms with Crippen LogP contribution in [-0.4, -0.2) is 20.4 Å². The summed E-state index contributed by atoms with van der Waals surface area (Å²) >= 11 is 0. The molecule has 1 aliphatic heterocycles. The van der Waals surface area contributed by atoms with Gasteiger partial charge in [-0.3, -0.25) is 9.52 Å². The van der Waals surface area contributed by atoms with Crippen molar-refractivity contribution < 1.29 is 17.6 Å². The molecule has 0 radical (unpaired) electrons. The predicted molar refractivity (Wildman–Crippen MR) is 110 cm³/mol. The molecule has 1 aliphatic rings. The van der Waals surface area contributed by atoms with Crippen molar-refractivity contribution in [1.29, 1.82) is 0 Å². The molecular weight excluding hydrogens is 391 g/mol. The van der Waals surface area contributed by atoms with Gasteiger partial charge >= 0.3 is 0 Å². The molecule has 148 valence electrons. The maximum Gasteiger partial charge on any atom is 0.261 e. The van der Waals surface area contributed by atoms with Gasteiger partial charge in [-0.2, -0.15) is 0 Å². The zero-order chi connectivity index (χ0) is 20.6. The minimum atomic E-state index is -3.83. The summed E-state index contributed by atoms with van der Waals surface area (Å²) in [6, 6.07) is 18.8. The second kappa shape index (κ2) is 7.33. The van der Waals surface area contributed by atoms with Gasteiger partial charge in [0.2, 0.25) is 0 Å². The minimum Gasteiger partial charge on any atom is -0.305 e. The van der Waals surface area contributed by atoms with Gasteiger partial charge in [0.15, 0.2) is 0 Å². The first-order chi connectivity index (χ1) is 13.8. The Kier molecular flexibility index (Phi) is 4.84. The van der Waals surface area contributed by atoms with Crippen molar-refractivity contribution in [3.63, 3.8) is 0 Å². The quantitative estimate of drug-likeness (QED) is 0.700. The first-order valence-electron chi connectivity index (χ1n) is 9.15. The molecule has 7 heteroatoms. The summed E-state index contributed by atoms with van der Waals surface area (Å²) in [5, 5.41) is 0. The zero-order valence-electron chi connectivity index (χ0n) is 15.7. The van der Waals surface area contributed by atoms with Gasteiger partial charge in [-0.15, -0.1) is 0 Å².